The fraction of sp³-hybridized carbons (Fsp3) is 0.300. The summed E-state index contributed by atoms with van der Waals surface area (Å²) in [6, 6.07) is 0.277. The molecule has 1 unspecified atom stereocenters. The number of nitrogens with two attached hydrogens (primary N) is 1. The van der Waals surface area contributed by atoms with Crippen LogP contribution in [-0.2, 0) is 16.0 Å². The van der Waals surface area contributed by atoms with Gasteiger partial charge in [0, 0.05) is 6.42 Å². The van der Waals surface area contributed by atoms with Gasteiger partial charge in [-0.25, -0.2) is 4.39 Å². The summed E-state index contributed by atoms with van der Waals surface area (Å²) in [7, 11) is 1.20. The molecule has 1 atom stereocenters. The van der Waals surface area contributed by atoms with Gasteiger partial charge in [-0.05, 0) is 27.6 Å². The molecule has 0 bridgehead atoms. The minimum Gasteiger partial charge on any atom is -0.506 e. The highest BCUT2D eigenvalue weighted by atomic mass is 79.9. The number of carbonyl (C=O) groups excluding carboxylic acids is 1. The average Bonchev–Trinajstić information content (AvgIpc) is 2.32. The Hall–Kier alpha value is -0.850. The van der Waals surface area contributed by atoms with Gasteiger partial charge in [-0.15, -0.1) is 0 Å². The highest BCUT2D eigenvalue weighted by Gasteiger charge is 2.20. The van der Waals surface area contributed by atoms with Crippen LogP contribution in [0, 0.1) is 5.82 Å². The molecule has 1 rings (SSSR count). The van der Waals surface area contributed by atoms with E-state index in [1.165, 1.54) is 13.2 Å². The van der Waals surface area contributed by atoms with Gasteiger partial charge in [0.15, 0.2) is 5.82 Å². The first-order chi connectivity index (χ1) is 7.88. The van der Waals surface area contributed by atoms with E-state index in [0.29, 0.717) is 0 Å². The Kier molecular flexibility index (Phi) is 4.73. The Morgan fingerprint density at radius 3 is 2.88 bits per heavy atom. The zero-order chi connectivity index (χ0) is 13.2. The van der Waals surface area contributed by atoms with Crippen LogP contribution >= 0.6 is 27.5 Å². The van der Waals surface area contributed by atoms with Crippen LogP contribution < -0.4 is 5.73 Å². The number of benzene rings is 1. The number of phenolic OH excluding ortho intramolecular Hbond substituents is 1. The maximum absolute atomic E-state index is 13.3. The van der Waals surface area contributed by atoms with Crippen molar-refractivity contribution in [3.63, 3.8) is 0 Å². The Bertz CT molecular complexity index is 456. The molecule has 1 aromatic rings. The predicted molar refractivity (Wildman–Crippen MR) is 64.5 cm³/mol. The van der Waals surface area contributed by atoms with E-state index >= 15 is 0 Å². The van der Waals surface area contributed by atoms with Crippen LogP contribution in [0.15, 0.2) is 10.5 Å². The first-order valence-corrected chi connectivity index (χ1v) is 5.74. The normalized spacial score (nSPS) is 12.3. The van der Waals surface area contributed by atoms with E-state index in [0.717, 1.165) is 0 Å². The topological polar surface area (TPSA) is 72.5 Å². The number of phenols is 1. The molecule has 0 radical (unpaired) electrons. The molecule has 0 heterocycles. The van der Waals surface area contributed by atoms with E-state index in [9.17, 15) is 14.3 Å². The maximum Gasteiger partial charge on any atom is 0.322 e. The van der Waals surface area contributed by atoms with Crippen LogP contribution in [0.4, 0.5) is 4.39 Å². The Balaban J connectivity index is 3.04. The molecule has 0 aliphatic heterocycles. The number of hydrogen-bond acceptors (Lipinski definition) is 4. The molecule has 7 heteroatoms. The van der Waals surface area contributed by atoms with Gasteiger partial charge < -0.3 is 15.6 Å². The quantitative estimate of drug-likeness (QED) is 0.658. The van der Waals surface area contributed by atoms with Crippen LogP contribution in [0.2, 0.25) is 5.02 Å². The van der Waals surface area contributed by atoms with Gasteiger partial charge in [0.1, 0.15) is 11.8 Å². The zero-order valence-electron chi connectivity index (χ0n) is 8.84. The van der Waals surface area contributed by atoms with E-state index < -0.39 is 17.8 Å². The maximum atomic E-state index is 13.3. The summed E-state index contributed by atoms with van der Waals surface area (Å²) < 4.78 is 17.6. The zero-order valence-corrected chi connectivity index (χ0v) is 11.2. The molecule has 1 aromatic carbocycles. The molecule has 0 amide bonds. The summed E-state index contributed by atoms with van der Waals surface area (Å²) >= 11 is 8.47. The number of carbonyl (C=O) groups is 1. The lowest BCUT2D eigenvalue weighted by atomic mass is 10.1. The number of aromatic hydroxyl groups is 1. The molecule has 94 valence electrons. The van der Waals surface area contributed by atoms with Gasteiger partial charge >= 0.3 is 5.97 Å². The van der Waals surface area contributed by atoms with E-state index in [1.807, 2.05) is 0 Å². The van der Waals surface area contributed by atoms with Crippen molar-refractivity contribution in [1.29, 1.82) is 0 Å². The van der Waals surface area contributed by atoms with Crippen LogP contribution in [0.25, 0.3) is 0 Å². The molecule has 0 saturated heterocycles. The largest absolute Gasteiger partial charge is 0.506 e. The molecule has 0 fully saturated rings. The van der Waals surface area contributed by atoms with Gasteiger partial charge in [-0.2, -0.15) is 0 Å². The van der Waals surface area contributed by atoms with Crippen molar-refractivity contribution in [2.45, 2.75) is 12.5 Å². The first kappa shape index (κ1) is 14.2. The van der Waals surface area contributed by atoms with Crippen LogP contribution in [0.5, 0.6) is 5.75 Å². The summed E-state index contributed by atoms with van der Waals surface area (Å²) in [5.74, 6) is -1.72. The monoisotopic (exact) mass is 325 g/mol. The molecule has 3 N–H and O–H groups in total. The van der Waals surface area contributed by atoms with Gasteiger partial charge in [0.2, 0.25) is 0 Å². The van der Waals surface area contributed by atoms with Crippen LogP contribution in [0.3, 0.4) is 0 Å². The fourth-order valence-corrected chi connectivity index (χ4v) is 2.07. The van der Waals surface area contributed by atoms with Gasteiger partial charge in [0.25, 0.3) is 0 Å². The molecular formula is C10H10BrClFNO3. The lowest BCUT2D eigenvalue weighted by molar-refractivity contribution is -0.142. The highest BCUT2D eigenvalue weighted by Crippen LogP contribution is 2.35. The van der Waals surface area contributed by atoms with E-state index in [1.54, 1.807) is 0 Å². The second kappa shape index (κ2) is 5.66. The third kappa shape index (κ3) is 3.08. The van der Waals surface area contributed by atoms with Gasteiger partial charge in [0.05, 0.1) is 16.6 Å². The lowest BCUT2D eigenvalue weighted by Crippen LogP contribution is -2.33. The van der Waals surface area contributed by atoms with E-state index in [4.69, 9.17) is 17.3 Å². The smallest absolute Gasteiger partial charge is 0.322 e. The van der Waals surface area contributed by atoms with Crippen molar-refractivity contribution >= 4 is 33.5 Å². The molecule has 0 aliphatic carbocycles. The summed E-state index contributed by atoms with van der Waals surface area (Å²) in [5, 5.41) is 9.49. The average molecular weight is 327 g/mol. The summed E-state index contributed by atoms with van der Waals surface area (Å²) in [4.78, 5) is 11.1. The number of halogens is 3. The Morgan fingerprint density at radius 1 is 1.76 bits per heavy atom. The summed E-state index contributed by atoms with van der Waals surface area (Å²) in [6.07, 6.45) is -0.00287. The van der Waals surface area contributed by atoms with Crippen molar-refractivity contribution in [1.82, 2.24) is 0 Å². The second-order valence-electron chi connectivity index (χ2n) is 3.33. The summed E-state index contributed by atoms with van der Waals surface area (Å²) in [6.45, 7) is 0. The fourth-order valence-electron chi connectivity index (χ4n) is 1.26. The minimum atomic E-state index is -0.945. The molecular weight excluding hydrogens is 316 g/mol. The number of esters is 1. The molecule has 4 nitrogen and oxygen atoms in total. The minimum absolute atomic E-state index is 0.00287. The highest BCUT2D eigenvalue weighted by molar-refractivity contribution is 9.10. The first-order valence-electron chi connectivity index (χ1n) is 4.57. The Labute approximate surface area is 111 Å². The standard InChI is InChI=1S/C10H10BrClFNO3/c1-17-10(16)6(14)3-4-2-5(12)8(13)7(11)9(4)15/h2,6,15H,3,14H2,1H3. The molecule has 0 saturated carbocycles. The number of ether oxygens (including phenoxy) is 1. The second-order valence-corrected chi connectivity index (χ2v) is 4.53. The van der Waals surface area contributed by atoms with Crippen molar-refractivity contribution in [2.24, 2.45) is 5.73 Å². The number of hydrogen-bond donors (Lipinski definition) is 2. The van der Waals surface area contributed by atoms with Crippen LogP contribution in [-0.4, -0.2) is 24.2 Å². The SMILES string of the molecule is COC(=O)C(N)Cc1cc(Cl)c(F)c(Br)c1O. The van der Waals surface area contributed by atoms with Crippen molar-refractivity contribution < 1.29 is 19.0 Å². The van der Waals surface area contributed by atoms with E-state index in [-0.39, 0.29) is 27.2 Å². The third-order valence-electron chi connectivity index (χ3n) is 2.16. The van der Waals surface area contributed by atoms with Crippen molar-refractivity contribution in [2.75, 3.05) is 7.11 Å². The van der Waals surface area contributed by atoms with Crippen molar-refractivity contribution in [3.05, 3.63) is 26.9 Å². The van der Waals surface area contributed by atoms with E-state index in [2.05, 4.69) is 20.7 Å². The van der Waals surface area contributed by atoms with Crippen molar-refractivity contribution in [3.8, 4) is 5.75 Å². The molecule has 0 aromatic heterocycles. The summed E-state index contributed by atoms with van der Waals surface area (Å²) in [5.41, 5.74) is 5.79. The van der Waals surface area contributed by atoms with Crippen LogP contribution in [0.1, 0.15) is 5.56 Å². The number of rotatable bonds is 3. The Morgan fingerprint density at radius 2 is 2.35 bits per heavy atom. The molecule has 0 aliphatic rings. The van der Waals surface area contributed by atoms with Gasteiger partial charge in [-0.1, -0.05) is 11.6 Å². The molecule has 0 spiro atoms. The lowest BCUT2D eigenvalue weighted by Gasteiger charge is -2.12. The number of methoxy groups -OCH3 is 1. The van der Waals surface area contributed by atoms with Gasteiger partial charge in [-0.3, -0.25) is 4.79 Å². The third-order valence-corrected chi connectivity index (χ3v) is 3.16. The predicted octanol–water partition coefficient (Wildman–Crippen LogP) is 1.99. The molecule has 17 heavy (non-hydrogen) atoms.